The minimum absolute atomic E-state index is 0.153. The first-order chi connectivity index (χ1) is 10.1. The molecule has 1 aromatic heterocycles. The fourth-order valence-corrected chi connectivity index (χ4v) is 2.87. The molecule has 3 N–H and O–H groups in total. The van der Waals surface area contributed by atoms with Crippen molar-refractivity contribution in [2.24, 2.45) is 5.73 Å². The number of rotatable bonds is 5. The van der Waals surface area contributed by atoms with Crippen LogP contribution in [0.4, 0.5) is 0 Å². The molecule has 2 heterocycles. The lowest BCUT2D eigenvalue weighted by Crippen LogP contribution is -2.60. The monoisotopic (exact) mass is 290 g/mol. The minimum atomic E-state index is -0.335. The van der Waals surface area contributed by atoms with Crippen LogP contribution < -0.4 is 11.1 Å². The molecule has 1 fully saturated rings. The summed E-state index contributed by atoms with van der Waals surface area (Å²) in [5, 5.41) is 2.40. The first-order valence-electron chi connectivity index (χ1n) is 7.33. The molecule has 6 nitrogen and oxygen atoms in total. The number of carbonyl (C=O) groups excluding carboxylic acids is 2. The van der Waals surface area contributed by atoms with E-state index in [-0.39, 0.29) is 36.5 Å². The summed E-state index contributed by atoms with van der Waals surface area (Å²) in [5.74, 6) is -0.511. The van der Waals surface area contributed by atoms with Gasteiger partial charge < -0.3 is 5.73 Å². The van der Waals surface area contributed by atoms with Crippen LogP contribution >= 0.6 is 0 Å². The smallest absolute Gasteiger partial charge is 0.243 e. The van der Waals surface area contributed by atoms with Gasteiger partial charge in [-0.05, 0) is 30.5 Å². The maximum Gasteiger partial charge on any atom is 0.243 e. The van der Waals surface area contributed by atoms with Crippen LogP contribution in [-0.2, 0) is 9.59 Å². The molecule has 1 aromatic rings. The minimum Gasteiger partial charge on any atom is -0.326 e. The normalized spacial score (nSPS) is 22.7. The molecule has 2 rings (SSSR count). The predicted octanol–water partition coefficient (Wildman–Crippen LogP) is 0.597. The third-order valence-corrected chi connectivity index (χ3v) is 3.96. The van der Waals surface area contributed by atoms with E-state index in [1.807, 2.05) is 30.9 Å². The average Bonchev–Trinajstić information content (AvgIpc) is 2.48. The van der Waals surface area contributed by atoms with E-state index >= 15 is 0 Å². The number of hydrogen-bond acceptors (Lipinski definition) is 5. The highest BCUT2D eigenvalue weighted by Gasteiger charge is 2.39. The standard InChI is InChI=1S/C15H22N4O2/c1-3-11(16)14(10-5-7-17-8-6-10)19-9-13(20)18-15(21)12(19)4-2/h5-8,11-12,14H,3-4,9,16H2,1-2H3,(H,18,20,21). The van der Waals surface area contributed by atoms with Crippen molar-refractivity contribution in [2.75, 3.05) is 6.54 Å². The van der Waals surface area contributed by atoms with Crippen LogP contribution in [0, 0.1) is 0 Å². The van der Waals surface area contributed by atoms with Crippen LogP contribution in [0.5, 0.6) is 0 Å². The predicted molar refractivity (Wildman–Crippen MR) is 79.2 cm³/mol. The third kappa shape index (κ3) is 3.28. The van der Waals surface area contributed by atoms with Crippen LogP contribution in [0.25, 0.3) is 0 Å². The number of pyridine rings is 1. The number of nitrogens with zero attached hydrogens (tertiary/aromatic N) is 2. The summed E-state index contributed by atoms with van der Waals surface area (Å²) in [4.78, 5) is 29.8. The summed E-state index contributed by atoms with van der Waals surface area (Å²) in [5.41, 5.74) is 7.27. The Labute approximate surface area is 124 Å². The zero-order chi connectivity index (χ0) is 15.4. The Hall–Kier alpha value is -1.79. The quantitative estimate of drug-likeness (QED) is 0.775. The molecule has 6 heteroatoms. The third-order valence-electron chi connectivity index (χ3n) is 3.96. The van der Waals surface area contributed by atoms with Gasteiger partial charge in [0.25, 0.3) is 0 Å². The highest BCUT2D eigenvalue weighted by molar-refractivity contribution is 6.01. The summed E-state index contributed by atoms with van der Waals surface area (Å²) in [6.07, 6.45) is 4.81. The van der Waals surface area contributed by atoms with Gasteiger partial charge in [-0.2, -0.15) is 0 Å². The molecule has 0 radical (unpaired) electrons. The highest BCUT2D eigenvalue weighted by Crippen LogP contribution is 2.28. The average molecular weight is 290 g/mol. The van der Waals surface area contributed by atoms with E-state index in [0.29, 0.717) is 6.42 Å². The van der Waals surface area contributed by atoms with Crippen LogP contribution in [0.15, 0.2) is 24.5 Å². The number of imide groups is 1. The van der Waals surface area contributed by atoms with Crippen LogP contribution in [0.1, 0.15) is 38.3 Å². The Morgan fingerprint density at radius 3 is 2.62 bits per heavy atom. The summed E-state index contributed by atoms with van der Waals surface area (Å²) < 4.78 is 0. The molecule has 1 aliphatic heterocycles. The van der Waals surface area contributed by atoms with Gasteiger partial charge in [0, 0.05) is 18.4 Å². The lowest BCUT2D eigenvalue weighted by molar-refractivity contribution is -0.142. The molecular weight excluding hydrogens is 268 g/mol. The number of hydrogen-bond donors (Lipinski definition) is 2. The number of nitrogens with two attached hydrogens (primary N) is 1. The first kappa shape index (κ1) is 15.6. The van der Waals surface area contributed by atoms with Gasteiger partial charge in [0.15, 0.2) is 0 Å². The second-order valence-corrected chi connectivity index (χ2v) is 5.31. The van der Waals surface area contributed by atoms with E-state index in [0.717, 1.165) is 12.0 Å². The van der Waals surface area contributed by atoms with E-state index in [4.69, 9.17) is 5.73 Å². The molecule has 3 atom stereocenters. The molecule has 0 aliphatic carbocycles. The van der Waals surface area contributed by atoms with Gasteiger partial charge in [0.1, 0.15) is 0 Å². The van der Waals surface area contributed by atoms with Crippen molar-refractivity contribution in [2.45, 2.75) is 44.8 Å². The van der Waals surface area contributed by atoms with Crippen molar-refractivity contribution in [3.05, 3.63) is 30.1 Å². The van der Waals surface area contributed by atoms with Gasteiger partial charge in [-0.25, -0.2) is 0 Å². The number of amides is 2. The molecule has 1 saturated heterocycles. The van der Waals surface area contributed by atoms with Gasteiger partial charge >= 0.3 is 0 Å². The van der Waals surface area contributed by atoms with Gasteiger partial charge in [-0.15, -0.1) is 0 Å². The maximum atomic E-state index is 12.1. The maximum absolute atomic E-state index is 12.1. The number of aromatic nitrogens is 1. The molecular formula is C15H22N4O2. The Morgan fingerprint density at radius 1 is 1.38 bits per heavy atom. The number of piperazine rings is 1. The topological polar surface area (TPSA) is 88.3 Å². The van der Waals surface area contributed by atoms with Gasteiger partial charge in [-0.1, -0.05) is 13.8 Å². The van der Waals surface area contributed by atoms with E-state index in [1.165, 1.54) is 0 Å². The Morgan fingerprint density at radius 2 is 2.05 bits per heavy atom. The largest absolute Gasteiger partial charge is 0.326 e. The van der Waals surface area contributed by atoms with E-state index in [2.05, 4.69) is 10.3 Å². The molecule has 0 saturated carbocycles. The molecule has 0 aromatic carbocycles. The number of nitrogens with one attached hydrogen (secondary N) is 1. The van der Waals surface area contributed by atoms with Gasteiger partial charge in [-0.3, -0.25) is 24.8 Å². The second-order valence-electron chi connectivity index (χ2n) is 5.31. The number of carbonyl (C=O) groups is 2. The lowest BCUT2D eigenvalue weighted by atomic mass is 9.94. The lowest BCUT2D eigenvalue weighted by Gasteiger charge is -2.41. The Bertz CT molecular complexity index is 506. The van der Waals surface area contributed by atoms with Crippen molar-refractivity contribution in [3.8, 4) is 0 Å². The summed E-state index contributed by atoms with van der Waals surface area (Å²) in [6.45, 7) is 4.13. The molecule has 21 heavy (non-hydrogen) atoms. The highest BCUT2D eigenvalue weighted by atomic mass is 16.2. The molecule has 2 amide bonds. The first-order valence-corrected chi connectivity index (χ1v) is 7.33. The fraction of sp³-hybridized carbons (Fsp3) is 0.533. The Balaban J connectivity index is 2.39. The zero-order valence-electron chi connectivity index (χ0n) is 12.5. The zero-order valence-corrected chi connectivity index (χ0v) is 12.5. The van der Waals surface area contributed by atoms with Crippen molar-refractivity contribution >= 4 is 11.8 Å². The van der Waals surface area contributed by atoms with Gasteiger partial charge in [0.2, 0.25) is 11.8 Å². The van der Waals surface area contributed by atoms with E-state index < -0.39 is 0 Å². The van der Waals surface area contributed by atoms with Crippen molar-refractivity contribution in [1.82, 2.24) is 15.2 Å². The SMILES string of the molecule is CCC(N)C(c1ccncc1)N1CC(=O)NC(=O)C1CC. The van der Waals surface area contributed by atoms with Crippen molar-refractivity contribution in [3.63, 3.8) is 0 Å². The summed E-state index contributed by atoms with van der Waals surface area (Å²) in [6, 6.07) is 3.13. The summed E-state index contributed by atoms with van der Waals surface area (Å²) in [7, 11) is 0. The molecule has 114 valence electrons. The van der Waals surface area contributed by atoms with Crippen LogP contribution in [-0.4, -0.2) is 40.3 Å². The van der Waals surface area contributed by atoms with Gasteiger partial charge in [0.05, 0.1) is 18.6 Å². The van der Waals surface area contributed by atoms with Crippen molar-refractivity contribution in [1.29, 1.82) is 0 Å². The van der Waals surface area contributed by atoms with E-state index in [1.54, 1.807) is 12.4 Å². The van der Waals surface area contributed by atoms with Crippen LogP contribution in [0.2, 0.25) is 0 Å². The molecule has 3 unspecified atom stereocenters. The molecule has 0 spiro atoms. The molecule has 0 bridgehead atoms. The fourth-order valence-electron chi connectivity index (χ4n) is 2.87. The van der Waals surface area contributed by atoms with E-state index in [9.17, 15) is 9.59 Å². The second kappa shape index (κ2) is 6.78. The van der Waals surface area contributed by atoms with Crippen molar-refractivity contribution < 1.29 is 9.59 Å². The molecule has 1 aliphatic rings. The van der Waals surface area contributed by atoms with Crippen LogP contribution in [0.3, 0.4) is 0 Å². The Kier molecular flexibility index (Phi) is 5.03. The summed E-state index contributed by atoms with van der Waals surface area (Å²) >= 11 is 0.